The van der Waals surface area contributed by atoms with Gasteiger partial charge in [-0.05, 0) is 81.8 Å². The van der Waals surface area contributed by atoms with Gasteiger partial charge in [0.05, 0.1) is 23.4 Å². The van der Waals surface area contributed by atoms with E-state index in [2.05, 4.69) is 36.4 Å². The molecule has 2 aliphatic rings. The second-order valence-corrected chi connectivity index (χ2v) is 12.5. The Morgan fingerprint density at radius 1 is 0.913 bits per heavy atom. The highest BCUT2D eigenvalue weighted by molar-refractivity contribution is 7.07. The van der Waals surface area contributed by atoms with Crippen molar-refractivity contribution in [1.82, 2.24) is 4.57 Å². The van der Waals surface area contributed by atoms with Crippen LogP contribution in [0.5, 0.6) is 11.5 Å². The van der Waals surface area contributed by atoms with Crippen LogP contribution in [0, 0.1) is 5.82 Å². The van der Waals surface area contributed by atoms with Gasteiger partial charge in [0.2, 0.25) is 0 Å². The molecule has 5 nitrogen and oxygen atoms in total. The van der Waals surface area contributed by atoms with Crippen LogP contribution >= 0.6 is 11.3 Å². The van der Waals surface area contributed by atoms with Crippen molar-refractivity contribution in [1.29, 1.82) is 0 Å². The van der Waals surface area contributed by atoms with Crippen molar-refractivity contribution in [2.24, 2.45) is 4.99 Å². The molecule has 0 fully saturated rings. The molecule has 1 aliphatic heterocycles. The van der Waals surface area contributed by atoms with E-state index in [-0.39, 0.29) is 17.4 Å². The van der Waals surface area contributed by atoms with Crippen molar-refractivity contribution in [3.63, 3.8) is 0 Å². The summed E-state index contributed by atoms with van der Waals surface area (Å²) in [4.78, 5) is 19.8. The summed E-state index contributed by atoms with van der Waals surface area (Å²) in [5.74, 6) is 0.896. The van der Waals surface area contributed by atoms with E-state index in [1.54, 1.807) is 23.8 Å². The summed E-state index contributed by atoms with van der Waals surface area (Å²) in [5, 5.41) is 2.32. The molecule has 7 heteroatoms. The highest BCUT2D eigenvalue weighted by Gasteiger charge is 2.32. The van der Waals surface area contributed by atoms with Gasteiger partial charge in [0.25, 0.3) is 5.56 Å². The minimum Gasteiger partial charge on any atom is -0.493 e. The summed E-state index contributed by atoms with van der Waals surface area (Å²) in [5.41, 5.74) is 6.98. The third-order valence-corrected chi connectivity index (χ3v) is 9.79. The molecule has 0 spiro atoms. The summed E-state index contributed by atoms with van der Waals surface area (Å²) >= 11 is 1.36. The molecule has 5 aromatic carbocycles. The highest BCUT2D eigenvalue weighted by Crippen LogP contribution is 2.41. The number of hydrogen-bond acceptors (Lipinski definition) is 5. The predicted octanol–water partition coefficient (Wildman–Crippen LogP) is 7.20. The van der Waals surface area contributed by atoms with E-state index in [9.17, 15) is 9.18 Å². The van der Waals surface area contributed by atoms with E-state index < -0.39 is 0 Å². The molecule has 0 amide bonds. The van der Waals surface area contributed by atoms with Crippen molar-refractivity contribution in [3.05, 3.63) is 168 Å². The number of ether oxygens (including phenoxy) is 2. The molecule has 8 rings (SSSR count). The van der Waals surface area contributed by atoms with Gasteiger partial charge in [-0.1, -0.05) is 96.3 Å². The summed E-state index contributed by atoms with van der Waals surface area (Å²) < 4.78 is 28.2. The molecular weight excluding hydrogens is 596 g/mol. The van der Waals surface area contributed by atoms with E-state index >= 15 is 0 Å². The number of rotatable bonds is 6. The number of nitrogens with zero attached hydrogens (tertiary/aromatic N) is 2. The fraction of sp³-hybridized carbons (Fsp3) is 0.128. The van der Waals surface area contributed by atoms with Crippen LogP contribution in [-0.2, 0) is 13.0 Å². The molecule has 0 N–H and O–H groups in total. The molecule has 6 aromatic rings. The number of methoxy groups -OCH3 is 1. The summed E-state index contributed by atoms with van der Waals surface area (Å²) in [6, 6.07) is 34.5. The van der Waals surface area contributed by atoms with Crippen LogP contribution in [0.15, 0.2) is 125 Å². The molecule has 1 atom stereocenters. The number of allylic oxidation sites excluding steroid dienone is 1. The van der Waals surface area contributed by atoms with Gasteiger partial charge in [-0.25, -0.2) is 9.38 Å². The van der Waals surface area contributed by atoms with Crippen molar-refractivity contribution >= 4 is 33.9 Å². The Balaban J connectivity index is 1.18. The van der Waals surface area contributed by atoms with E-state index in [0.717, 1.165) is 51.8 Å². The van der Waals surface area contributed by atoms with Gasteiger partial charge in [0.1, 0.15) is 12.4 Å². The van der Waals surface area contributed by atoms with Gasteiger partial charge in [0, 0.05) is 5.56 Å². The zero-order valence-electron chi connectivity index (χ0n) is 25.1. The summed E-state index contributed by atoms with van der Waals surface area (Å²) in [7, 11) is 1.61. The van der Waals surface area contributed by atoms with Crippen LogP contribution in [0.2, 0.25) is 0 Å². The molecule has 0 radical (unpaired) electrons. The number of fused-ring (bicyclic) bond motifs is 4. The number of hydrogen-bond donors (Lipinski definition) is 0. The molecule has 1 aromatic heterocycles. The number of thiazole rings is 1. The van der Waals surface area contributed by atoms with Gasteiger partial charge < -0.3 is 9.47 Å². The minimum atomic E-state index is -0.360. The van der Waals surface area contributed by atoms with Crippen LogP contribution in [-0.4, -0.2) is 11.7 Å². The maximum atomic E-state index is 14.1. The topological polar surface area (TPSA) is 52.8 Å². The first-order chi connectivity index (χ1) is 22.6. The second kappa shape index (κ2) is 11.6. The van der Waals surface area contributed by atoms with E-state index in [1.807, 2.05) is 54.6 Å². The van der Waals surface area contributed by atoms with Crippen LogP contribution < -0.4 is 24.4 Å². The van der Waals surface area contributed by atoms with Gasteiger partial charge >= 0.3 is 0 Å². The maximum Gasteiger partial charge on any atom is 0.271 e. The first-order valence-electron chi connectivity index (χ1n) is 15.2. The number of aryl methyl sites for hydroxylation is 1. The van der Waals surface area contributed by atoms with Crippen molar-refractivity contribution < 1.29 is 13.9 Å². The Labute approximate surface area is 268 Å². The monoisotopic (exact) mass is 624 g/mol. The lowest BCUT2D eigenvalue weighted by Gasteiger charge is -2.30. The summed E-state index contributed by atoms with van der Waals surface area (Å²) in [6.45, 7) is 0.396. The molecule has 0 saturated heterocycles. The van der Waals surface area contributed by atoms with Crippen molar-refractivity contribution in [3.8, 4) is 11.5 Å². The van der Waals surface area contributed by atoms with E-state index in [0.29, 0.717) is 27.4 Å². The first-order valence-corrected chi connectivity index (χ1v) is 16.0. The Kier molecular flexibility index (Phi) is 7.11. The van der Waals surface area contributed by atoms with E-state index in [4.69, 9.17) is 14.5 Å². The molecule has 0 saturated carbocycles. The normalized spacial score (nSPS) is 15.6. The van der Waals surface area contributed by atoms with Gasteiger partial charge in [0.15, 0.2) is 16.3 Å². The fourth-order valence-electron chi connectivity index (χ4n) is 6.59. The highest BCUT2D eigenvalue weighted by atomic mass is 32.1. The Morgan fingerprint density at radius 3 is 2.59 bits per heavy atom. The summed E-state index contributed by atoms with van der Waals surface area (Å²) in [6.07, 6.45) is 3.51. The number of aromatic nitrogens is 1. The fourth-order valence-corrected chi connectivity index (χ4v) is 7.59. The Morgan fingerprint density at radius 2 is 1.72 bits per heavy atom. The third kappa shape index (κ3) is 4.93. The second-order valence-electron chi connectivity index (χ2n) is 11.5. The molecular formula is C39H29FN2O3S. The SMILES string of the molecule is COc1cc(/C=c2/sc3n(c2=O)[C@H](c2ccc(F)cc2)C2=C(N=3)c3ccccc3CC2)ccc1OCc1cccc2ccccc12. The number of halogens is 1. The quantitative estimate of drug-likeness (QED) is 0.197. The predicted molar refractivity (Wildman–Crippen MR) is 180 cm³/mol. The van der Waals surface area contributed by atoms with Crippen LogP contribution in [0.1, 0.15) is 40.3 Å². The van der Waals surface area contributed by atoms with Crippen LogP contribution in [0.4, 0.5) is 4.39 Å². The number of benzene rings is 5. The van der Waals surface area contributed by atoms with Crippen LogP contribution in [0.25, 0.3) is 22.5 Å². The molecule has 226 valence electrons. The minimum absolute atomic E-state index is 0.126. The van der Waals surface area contributed by atoms with Crippen molar-refractivity contribution in [2.75, 3.05) is 7.11 Å². The largest absolute Gasteiger partial charge is 0.493 e. The lowest BCUT2D eigenvalue weighted by Crippen LogP contribution is -2.38. The average molecular weight is 625 g/mol. The van der Waals surface area contributed by atoms with Crippen LogP contribution in [0.3, 0.4) is 0 Å². The Bertz CT molecular complexity index is 2350. The smallest absolute Gasteiger partial charge is 0.271 e. The molecule has 2 heterocycles. The van der Waals surface area contributed by atoms with Crippen molar-refractivity contribution in [2.45, 2.75) is 25.5 Å². The maximum absolute atomic E-state index is 14.1. The lowest BCUT2D eigenvalue weighted by atomic mass is 9.83. The molecule has 46 heavy (non-hydrogen) atoms. The average Bonchev–Trinajstić information content (AvgIpc) is 3.40. The zero-order valence-corrected chi connectivity index (χ0v) is 25.9. The van der Waals surface area contributed by atoms with Gasteiger partial charge in [-0.3, -0.25) is 9.36 Å². The lowest BCUT2D eigenvalue weighted by molar-refractivity contribution is 0.285. The van der Waals surface area contributed by atoms with E-state index in [1.165, 1.54) is 34.4 Å². The molecule has 0 unspecified atom stereocenters. The van der Waals surface area contributed by atoms with Gasteiger partial charge in [-0.15, -0.1) is 0 Å². The molecule has 1 aliphatic carbocycles. The molecule has 0 bridgehead atoms. The zero-order chi connectivity index (χ0) is 31.2. The Hall–Kier alpha value is -5.27. The first kappa shape index (κ1) is 28.2. The van der Waals surface area contributed by atoms with Gasteiger partial charge in [-0.2, -0.15) is 0 Å². The third-order valence-electron chi connectivity index (χ3n) is 8.81. The standard InChI is InChI=1S/C39H29FN2O3S/c1-44-34-21-24(13-20-33(34)45-23-28-10-6-9-25-7-2-4-11-30(25)28)22-35-38(43)42-37(27-14-17-29(40)18-15-27)32-19-16-26-8-3-5-12-31(26)36(32)41-39(42)46-35/h2-15,17-18,20-22,37H,16,19,23H2,1H3/b35-22+/t37-/m1/s1.